The number of hydrogen-bond donors (Lipinski definition) is 0. The summed E-state index contributed by atoms with van der Waals surface area (Å²) in [6.45, 7) is 6.87. The third-order valence-electron chi connectivity index (χ3n) is 6.85. The molecule has 34 heavy (non-hydrogen) atoms. The molecular formula is C31H46O3. The fraction of sp³-hybridized carbons (Fsp3) is 0.613. The molecule has 0 aliphatic carbocycles. The highest BCUT2D eigenvalue weighted by atomic mass is 16.7. The first-order chi connectivity index (χ1) is 16.8. The maximum Gasteiger partial charge on any atom is 0.194 e. The molecule has 0 radical (unpaired) electrons. The van der Waals surface area contributed by atoms with Gasteiger partial charge in [-0.1, -0.05) is 108 Å². The van der Waals surface area contributed by atoms with E-state index in [2.05, 4.69) is 62.4 Å². The molecule has 3 rings (SSSR count). The molecule has 0 atom stereocenters. The van der Waals surface area contributed by atoms with Crippen LogP contribution in [-0.4, -0.2) is 19.8 Å². The summed E-state index contributed by atoms with van der Waals surface area (Å²) in [5, 5.41) is 0. The summed E-state index contributed by atoms with van der Waals surface area (Å²) in [6, 6.07) is 17.3. The topological polar surface area (TPSA) is 27.7 Å². The Balaban J connectivity index is 1.53. The van der Waals surface area contributed by atoms with E-state index in [0.717, 1.165) is 56.8 Å². The summed E-state index contributed by atoms with van der Waals surface area (Å²) in [5.41, 5.74) is 3.56. The van der Waals surface area contributed by atoms with Crippen LogP contribution in [0.2, 0.25) is 0 Å². The van der Waals surface area contributed by atoms with Crippen molar-refractivity contribution >= 4 is 0 Å². The first-order valence-electron chi connectivity index (χ1n) is 13.9. The fourth-order valence-corrected chi connectivity index (χ4v) is 4.72. The number of hydrogen-bond acceptors (Lipinski definition) is 3. The minimum Gasteiger partial charge on any atom is -0.494 e. The van der Waals surface area contributed by atoms with Crippen LogP contribution in [-0.2, 0) is 15.3 Å². The van der Waals surface area contributed by atoms with Gasteiger partial charge < -0.3 is 14.2 Å². The summed E-state index contributed by atoms with van der Waals surface area (Å²) in [5.74, 6) is 0.386. The molecule has 2 aromatic carbocycles. The van der Waals surface area contributed by atoms with Gasteiger partial charge in [-0.2, -0.15) is 0 Å². The summed E-state index contributed by atoms with van der Waals surface area (Å²) < 4.78 is 18.5. The van der Waals surface area contributed by atoms with Crippen LogP contribution >= 0.6 is 0 Å². The molecule has 1 fully saturated rings. The Morgan fingerprint density at radius 2 is 1.18 bits per heavy atom. The smallest absolute Gasteiger partial charge is 0.194 e. The SMILES string of the molecule is CCCCCCCCOc1ccc(-c2ccc(C3(CCCCCCC)OCCCO3)cc2)cc1. The predicted octanol–water partition coefficient (Wildman–Crippen LogP) is 9.04. The van der Waals surface area contributed by atoms with Gasteiger partial charge in [0.2, 0.25) is 0 Å². The molecule has 2 aromatic rings. The molecule has 0 saturated carbocycles. The van der Waals surface area contributed by atoms with Gasteiger partial charge in [0.05, 0.1) is 19.8 Å². The third kappa shape index (κ3) is 8.43. The van der Waals surface area contributed by atoms with E-state index in [-0.39, 0.29) is 0 Å². The first-order valence-corrected chi connectivity index (χ1v) is 13.9. The predicted molar refractivity (Wildman–Crippen MR) is 142 cm³/mol. The molecule has 1 aliphatic heterocycles. The summed E-state index contributed by atoms with van der Waals surface area (Å²) >= 11 is 0. The Bertz CT molecular complexity index is 775. The van der Waals surface area contributed by atoms with E-state index in [1.165, 1.54) is 68.9 Å². The number of rotatable bonds is 16. The molecule has 1 saturated heterocycles. The van der Waals surface area contributed by atoms with Crippen LogP contribution in [0.1, 0.15) is 103 Å². The van der Waals surface area contributed by atoms with Crippen molar-refractivity contribution < 1.29 is 14.2 Å². The van der Waals surface area contributed by atoms with Gasteiger partial charge in [-0.15, -0.1) is 0 Å². The van der Waals surface area contributed by atoms with E-state index in [1.807, 2.05) is 0 Å². The molecule has 0 aromatic heterocycles. The lowest BCUT2D eigenvalue weighted by atomic mass is 9.95. The second-order valence-electron chi connectivity index (χ2n) is 9.69. The maximum atomic E-state index is 6.25. The molecule has 188 valence electrons. The van der Waals surface area contributed by atoms with Crippen molar-refractivity contribution in [3.63, 3.8) is 0 Å². The van der Waals surface area contributed by atoms with Crippen molar-refractivity contribution in [1.82, 2.24) is 0 Å². The molecule has 0 unspecified atom stereocenters. The Morgan fingerprint density at radius 3 is 1.79 bits per heavy atom. The number of unbranched alkanes of at least 4 members (excludes halogenated alkanes) is 9. The van der Waals surface area contributed by atoms with Crippen LogP contribution < -0.4 is 4.74 Å². The van der Waals surface area contributed by atoms with Crippen molar-refractivity contribution in [2.45, 2.75) is 103 Å². The zero-order chi connectivity index (χ0) is 23.9. The Labute approximate surface area is 208 Å². The summed E-state index contributed by atoms with van der Waals surface area (Å²) in [7, 11) is 0. The zero-order valence-corrected chi connectivity index (χ0v) is 21.7. The van der Waals surface area contributed by atoms with Gasteiger partial charge in [0.25, 0.3) is 0 Å². The average Bonchev–Trinajstić information content (AvgIpc) is 2.89. The maximum absolute atomic E-state index is 6.25. The quantitative estimate of drug-likeness (QED) is 0.231. The first kappa shape index (κ1) is 26.8. The second-order valence-corrected chi connectivity index (χ2v) is 9.69. The van der Waals surface area contributed by atoms with Crippen molar-refractivity contribution in [3.05, 3.63) is 54.1 Å². The lowest BCUT2D eigenvalue weighted by Gasteiger charge is -2.38. The molecule has 0 bridgehead atoms. The zero-order valence-electron chi connectivity index (χ0n) is 21.7. The van der Waals surface area contributed by atoms with Gasteiger partial charge in [-0.05, 0) is 42.5 Å². The molecule has 1 aliphatic rings. The minimum atomic E-state index is -0.572. The van der Waals surface area contributed by atoms with Gasteiger partial charge in [0.1, 0.15) is 5.75 Å². The number of benzene rings is 2. The highest BCUT2D eigenvalue weighted by molar-refractivity contribution is 5.64. The van der Waals surface area contributed by atoms with E-state index in [9.17, 15) is 0 Å². The Hall–Kier alpha value is -1.84. The number of ether oxygens (including phenoxy) is 3. The molecule has 0 N–H and O–H groups in total. The van der Waals surface area contributed by atoms with Gasteiger partial charge in [-0.25, -0.2) is 0 Å². The van der Waals surface area contributed by atoms with Gasteiger partial charge in [0, 0.05) is 12.0 Å². The minimum absolute atomic E-state index is 0.572. The van der Waals surface area contributed by atoms with Crippen LogP contribution in [0.3, 0.4) is 0 Å². The van der Waals surface area contributed by atoms with Crippen LogP contribution in [0.25, 0.3) is 11.1 Å². The van der Waals surface area contributed by atoms with Crippen LogP contribution in [0.5, 0.6) is 5.75 Å². The second kappa shape index (κ2) is 15.2. The van der Waals surface area contributed by atoms with E-state index in [0.29, 0.717) is 0 Å². The monoisotopic (exact) mass is 466 g/mol. The Morgan fingerprint density at radius 1 is 0.647 bits per heavy atom. The standard InChI is InChI=1S/C31H46O3/c1-3-5-7-9-11-13-24-32-30-21-17-28(18-22-30)27-15-19-29(20-16-27)31(33-25-14-26-34-31)23-12-10-8-6-4-2/h15-22H,3-14,23-26H2,1-2H3. The lowest BCUT2D eigenvalue weighted by molar-refractivity contribution is -0.280. The van der Waals surface area contributed by atoms with Gasteiger partial charge in [-0.3, -0.25) is 0 Å². The van der Waals surface area contributed by atoms with E-state index in [4.69, 9.17) is 14.2 Å². The lowest BCUT2D eigenvalue weighted by Crippen LogP contribution is -2.38. The molecular weight excluding hydrogens is 420 g/mol. The largest absolute Gasteiger partial charge is 0.494 e. The highest BCUT2D eigenvalue weighted by Gasteiger charge is 2.36. The molecule has 0 spiro atoms. The van der Waals surface area contributed by atoms with Crippen LogP contribution in [0.15, 0.2) is 48.5 Å². The highest BCUT2D eigenvalue weighted by Crippen LogP contribution is 2.37. The molecule has 1 heterocycles. The van der Waals surface area contributed by atoms with Crippen molar-refractivity contribution in [3.8, 4) is 16.9 Å². The fourth-order valence-electron chi connectivity index (χ4n) is 4.72. The molecule has 3 nitrogen and oxygen atoms in total. The van der Waals surface area contributed by atoms with Crippen LogP contribution in [0.4, 0.5) is 0 Å². The van der Waals surface area contributed by atoms with Crippen molar-refractivity contribution in [1.29, 1.82) is 0 Å². The summed E-state index contributed by atoms with van der Waals surface area (Å²) in [6.07, 6.45) is 15.9. The van der Waals surface area contributed by atoms with Crippen molar-refractivity contribution in [2.24, 2.45) is 0 Å². The summed E-state index contributed by atoms with van der Waals surface area (Å²) in [4.78, 5) is 0. The normalized spacial score (nSPS) is 15.4. The van der Waals surface area contributed by atoms with E-state index in [1.54, 1.807) is 0 Å². The van der Waals surface area contributed by atoms with Crippen LogP contribution in [0, 0.1) is 0 Å². The van der Waals surface area contributed by atoms with E-state index < -0.39 is 5.79 Å². The molecule has 0 amide bonds. The van der Waals surface area contributed by atoms with Crippen molar-refractivity contribution in [2.75, 3.05) is 19.8 Å². The van der Waals surface area contributed by atoms with Gasteiger partial charge in [0.15, 0.2) is 5.79 Å². The van der Waals surface area contributed by atoms with Gasteiger partial charge >= 0.3 is 0 Å². The average molecular weight is 467 g/mol. The Kier molecular flexibility index (Phi) is 12.0. The van der Waals surface area contributed by atoms with E-state index >= 15 is 0 Å². The molecule has 3 heteroatoms. The third-order valence-corrected chi connectivity index (χ3v) is 6.85.